The van der Waals surface area contributed by atoms with Crippen molar-refractivity contribution in [1.82, 2.24) is 0 Å². The zero-order valence-electron chi connectivity index (χ0n) is 10.7. The molecular formula is C15H14N2O3. The van der Waals surface area contributed by atoms with Crippen molar-refractivity contribution in [1.29, 1.82) is 5.26 Å². The summed E-state index contributed by atoms with van der Waals surface area (Å²) in [5.74, 6) is 0.710. The average molecular weight is 270 g/mol. The minimum absolute atomic E-state index is 0.0220. The molecule has 0 aliphatic rings. The number of rotatable bonds is 5. The highest BCUT2D eigenvalue weighted by atomic mass is 16.5. The minimum atomic E-state index is 0.0220. The van der Waals surface area contributed by atoms with Gasteiger partial charge in [0.2, 0.25) is 0 Å². The van der Waals surface area contributed by atoms with Crippen molar-refractivity contribution in [3.05, 3.63) is 48.0 Å². The van der Waals surface area contributed by atoms with E-state index in [1.807, 2.05) is 18.2 Å². The first kappa shape index (κ1) is 13.6. The highest BCUT2D eigenvalue weighted by Crippen LogP contribution is 2.24. The van der Waals surface area contributed by atoms with Crippen LogP contribution in [0.1, 0.15) is 5.56 Å². The molecule has 20 heavy (non-hydrogen) atoms. The highest BCUT2D eigenvalue weighted by Gasteiger charge is 2.02. The van der Waals surface area contributed by atoms with E-state index >= 15 is 0 Å². The summed E-state index contributed by atoms with van der Waals surface area (Å²) in [4.78, 5) is 0. The molecule has 0 saturated carbocycles. The maximum atomic E-state index is 9.66. The Bertz CT molecular complexity index is 618. The second-order valence-corrected chi connectivity index (χ2v) is 4.14. The third-order valence-electron chi connectivity index (χ3n) is 2.71. The molecule has 3 N–H and O–H groups in total. The lowest BCUT2D eigenvalue weighted by atomic mass is 10.2. The van der Waals surface area contributed by atoms with Gasteiger partial charge in [-0.05, 0) is 36.4 Å². The SMILES string of the molecule is N#CCOc1ccc(NCc2ccc(O)cc2O)cc1. The smallest absolute Gasteiger partial charge is 0.174 e. The number of hydrogen-bond donors (Lipinski definition) is 3. The molecule has 0 aromatic heterocycles. The Balaban J connectivity index is 1.95. The summed E-state index contributed by atoms with van der Waals surface area (Å²) in [5.41, 5.74) is 1.55. The molecule has 0 heterocycles. The number of nitriles is 1. The minimum Gasteiger partial charge on any atom is -0.508 e. The molecular weight excluding hydrogens is 256 g/mol. The first-order valence-electron chi connectivity index (χ1n) is 6.03. The molecule has 0 atom stereocenters. The zero-order valence-corrected chi connectivity index (χ0v) is 10.7. The Hall–Kier alpha value is -2.87. The maximum Gasteiger partial charge on any atom is 0.174 e. The predicted octanol–water partition coefficient (Wildman–Crippen LogP) is 2.61. The molecule has 0 spiro atoms. The van der Waals surface area contributed by atoms with E-state index in [4.69, 9.17) is 10.00 Å². The molecule has 2 aromatic rings. The van der Waals surface area contributed by atoms with E-state index in [1.165, 1.54) is 12.1 Å². The Kier molecular flexibility index (Phi) is 4.30. The lowest BCUT2D eigenvalue weighted by Crippen LogP contribution is -2.00. The van der Waals surface area contributed by atoms with Crippen molar-refractivity contribution in [3.63, 3.8) is 0 Å². The lowest BCUT2D eigenvalue weighted by Gasteiger charge is -2.09. The van der Waals surface area contributed by atoms with E-state index in [0.29, 0.717) is 17.9 Å². The highest BCUT2D eigenvalue weighted by molar-refractivity contribution is 5.48. The van der Waals surface area contributed by atoms with Crippen molar-refractivity contribution in [2.45, 2.75) is 6.54 Å². The first-order valence-corrected chi connectivity index (χ1v) is 6.03. The van der Waals surface area contributed by atoms with Crippen LogP contribution in [-0.2, 0) is 6.54 Å². The Morgan fingerprint density at radius 2 is 1.85 bits per heavy atom. The molecule has 5 heteroatoms. The van der Waals surface area contributed by atoms with E-state index in [-0.39, 0.29) is 18.1 Å². The van der Waals surface area contributed by atoms with Crippen LogP contribution in [-0.4, -0.2) is 16.8 Å². The van der Waals surface area contributed by atoms with Gasteiger partial charge in [-0.2, -0.15) is 5.26 Å². The maximum absolute atomic E-state index is 9.66. The summed E-state index contributed by atoms with van der Waals surface area (Å²) in [6, 6.07) is 13.5. The van der Waals surface area contributed by atoms with Gasteiger partial charge < -0.3 is 20.3 Å². The third-order valence-corrected chi connectivity index (χ3v) is 2.71. The second kappa shape index (κ2) is 6.34. The van der Waals surface area contributed by atoms with Crippen molar-refractivity contribution in [2.24, 2.45) is 0 Å². The van der Waals surface area contributed by atoms with Gasteiger partial charge in [0.25, 0.3) is 0 Å². The van der Waals surface area contributed by atoms with Crippen LogP contribution in [0.3, 0.4) is 0 Å². The van der Waals surface area contributed by atoms with Crippen LogP contribution in [0.2, 0.25) is 0 Å². The van der Waals surface area contributed by atoms with Crippen LogP contribution in [0.25, 0.3) is 0 Å². The molecule has 2 rings (SSSR count). The van der Waals surface area contributed by atoms with Crippen LogP contribution in [0.15, 0.2) is 42.5 Å². The van der Waals surface area contributed by atoms with Crippen molar-refractivity contribution >= 4 is 5.69 Å². The van der Waals surface area contributed by atoms with Gasteiger partial charge in [-0.1, -0.05) is 0 Å². The molecule has 0 aliphatic heterocycles. The van der Waals surface area contributed by atoms with Gasteiger partial charge in [0, 0.05) is 23.9 Å². The lowest BCUT2D eigenvalue weighted by molar-refractivity contribution is 0.368. The molecule has 0 aliphatic carbocycles. The van der Waals surface area contributed by atoms with Gasteiger partial charge >= 0.3 is 0 Å². The summed E-state index contributed by atoms with van der Waals surface area (Å²) in [6.45, 7) is 0.457. The van der Waals surface area contributed by atoms with Gasteiger partial charge in [-0.25, -0.2) is 0 Å². The van der Waals surface area contributed by atoms with Crippen LogP contribution >= 0.6 is 0 Å². The van der Waals surface area contributed by atoms with Gasteiger partial charge in [-0.3, -0.25) is 0 Å². The fourth-order valence-electron chi connectivity index (χ4n) is 1.68. The summed E-state index contributed by atoms with van der Waals surface area (Å²) < 4.78 is 5.15. The van der Waals surface area contributed by atoms with E-state index < -0.39 is 0 Å². The van der Waals surface area contributed by atoms with Gasteiger partial charge in [-0.15, -0.1) is 0 Å². The van der Waals surface area contributed by atoms with Crippen LogP contribution in [0.5, 0.6) is 17.2 Å². The summed E-state index contributed by atoms with van der Waals surface area (Å²) in [7, 11) is 0. The molecule has 5 nitrogen and oxygen atoms in total. The van der Waals surface area contributed by atoms with Gasteiger partial charge in [0.15, 0.2) is 6.61 Å². The first-order chi connectivity index (χ1) is 9.69. The molecule has 0 amide bonds. The number of hydrogen-bond acceptors (Lipinski definition) is 5. The van der Waals surface area contributed by atoms with Crippen molar-refractivity contribution < 1.29 is 14.9 Å². The number of aromatic hydroxyl groups is 2. The fourth-order valence-corrected chi connectivity index (χ4v) is 1.68. The summed E-state index contributed by atoms with van der Waals surface area (Å²) >= 11 is 0. The van der Waals surface area contributed by atoms with Crippen LogP contribution < -0.4 is 10.1 Å². The van der Waals surface area contributed by atoms with E-state index in [9.17, 15) is 10.2 Å². The largest absolute Gasteiger partial charge is 0.508 e. The number of benzene rings is 2. The molecule has 102 valence electrons. The van der Waals surface area contributed by atoms with Crippen molar-refractivity contribution in [3.8, 4) is 23.3 Å². The summed E-state index contributed by atoms with van der Waals surface area (Å²) in [6.07, 6.45) is 0. The Morgan fingerprint density at radius 1 is 1.10 bits per heavy atom. The Labute approximate surface area is 116 Å². The standard InChI is InChI=1S/C15H14N2O3/c16-7-8-20-14-5-2-12(3-6-14)17-10-11-1-4-13(18)9-15(11)19/h1-6,9,17-19H,8,10H2. The van der Waals surface area contributed by atoms with E-state index in [2.05, 4.69) is 5.32 Å². The molecule has 0 bridgehead atoms. The van der Waals surface area contributed by atoms with E-state index in [0.717, 1.165) is 5.69 Å². The van der Waals surface area contributed by atoms with E-state index in [1.54, 1.807) is 18.2 Å². The number of phenols is 2. The van der Waals surface area contributed by atoms with Crippen LogP contribution in [0, 0.1) is 11.3 Å². The Morgan fingerprint density at radius 3 is 2.50 bits per heavy atom. The number of nitrogens with zero attached hydrogens (tertiary/aromatic N) is 1. The molecule has 0 radical (unpaired) electrons. The number of nitrogens with one attached hydrogen (secondary N) is 1. The van der Waals surface area contributed by atoms with Gasteiger partial charge in [0.1, 0.15) is 23.3 Å². The topological polar surface area (TPSA) is 85.5 Å². The van der Waals surface area contributed by atoms with Crippen LogP contribution in [0.4, 0.5) is 5.69 Å². The number of anilines is 1. The number of ether oxygens (including phenoxy) is 1. The quantitative estimate of drug-likeness (QED) is 0.777. The molecule has 0 saturated heterocycles. The fraction of sp³-hybridized carbons (Fsp3) is 0.133. The monoisotopic (exact) mass is 270 g/mol. The van der Waals surface area contributed by atoms with Crippen molar-refractivity contribution in [2.75, 3.05) is 11.9 Å². The zero-order chi connectivity index (χ0) is 14.4. The third kappa shape index (κ3) is 3.56. The normalized spacial score (nSPS) is 9.75. The summed E-state index contributed by atoms with van der Waals surface area (Å²) in [5, 5.41) is 30.4. The second-order valence-electron chi connectivity index (χ2n) is 4.14. The average Bonchev–Trinajstić information content (AvgIpc) is 2.45. The molecule has 0 unspecified atom stereocenters. The van der Waals surface area contributed by atoms with Gasteiger partial charge in [0.05, 0.1) is 0 Å². The predicted molar refractivity (Wildman–Crippen MR) is 74.6 cm³/mol. The molecule has 0 fully saturated rings. The number of phenolic OH excluding ortho intramolecular Hbond substituents is 2. The molecule has 2 aromatic carbocycles.